The van der Waals surface area contributed by atoms with Gasteiger partial charge >= 0.3 is 0 Å². The molecule has 0 aliphatic heterocycles. The molecule has 1 aliphatic rings. The maximum atomic E-state index is 12.8. The Bertz CT molecular complexity index is 571. The molecular weight excluding hydrogens is 335 g/mol. The first-order valence-corrected chi connectivity index (χ1v) is 9.29. The number of benzene rings is 1. The van der Waals surface area contributed by atoms with E-state index in [1.165, 1.54) is 56.4 Å². The van der Waals surface area contributed by atoms with Crippen LogP contribution < -0.4 is 16.0 Å². The van der Waals surface area contributed by atoms with Gasteiger partial charge in [-0.3, -0.25) is 9.79 Å². The van der Waals surface area contributed by atoms with Crippen LogP contribution >= 0.6 is 0 Å². The van der Waals surface area contributed by atoms with Crippen molar-refractivity contribution in [1.82, 2.24) is 10.6 Å². The molecule has 6 nitrogen and oxygen atoms in total. The van der Waals surface area contributed by atoms with Crippen molar-refractivity contribution in [3.8, 4) is 0 Å². The second-order valence-corrected chi connectivity index (χ2v) is 6.39. The lowest BCUT2D eigenvalue weighted by Gasteiger charge is -2.22. The summed E-state index contributed by atoms with van der Waals surface area (Å²) < 4.78 is 18.7. The second-order valence-electron chi connectivity index (χ2n) is 6.39. The van der Waals surface area contributed by atoms with Gasteiger partial charge in [-0.05, 0) is 43.5 Å². The zero-order valence-electron chi connectivity index (χ0n) is 15.4. The minimum Gasteiger partial charge on any atom is -0.378 e. The van der Waals surface area contributed by atoms with Crippen LogP contribution in [0.1, 0.15) is 38.5 Å². The number of rotatable bonds is 8. The predicted octanol–water partition coefficient (Wildman–Crippen LogP) is 2.67. The second kappa shape index (κ2) is 11.5. The van der Waals surface area contributed by atoms with E-state index in [0.717, 1.165) is 19.6 Å². The van der Waals surface area contributed by atoms with Crippen molar-refractivity contribution in [1.29, 1.82) is 0 Å². The Morgan fingerprint density at radius 2 is 1.92 bits per heavy atom. The molecule has 144 valence electrons. The first-order valence-electron chi connectivity index (χ1n) is 9.29. The van der Waals surface area contributed by atoms with Crippen molar-refractivity contribution in [2.24, 2.45) is 4.99 Å². The molecule has 7 heteroatoms. The van der Waals surface area contributed by atoms with Gasteiger partial charge in [0.1, 0.15) is 5.82 Å². The van der Waals surface area contributed by atoms with Crippen molar-refractivity contribution in [3.05, 3.63) is 30.1 Å². The standard InChI is InChI=1S/C19H29FN4O2/c1-21-19(22-12-5-13-26-17-6-3-2-4-7-17)23-14-18(25)24-16-10-8-15(20)9-11-16/h8-11,17H,2-7,12-14H2,1H3,(H,24,25)(H2,21,22,23). The fourth-order valence-corrected chi connectivity index (χ4v) is 2.88. The number of halogens is 1. The molecule has 1 amide bonds. The van der Waals surface area contributed by atoms with E-state index in [4.69, 9.17) is 4.74 Å². The molecule has 0 bridgehead atoms. The lowest BCUT2D eigenvalue weighted by molar-refractivity contribution is -0.115. The van der Waals surface area contributed by atoms with Gasteiger partial charge in [0.2, 0.25) is 5.91 Å². The largest absolute Gasteiger partial charge is 0.378 e. The van der Waals surface area contributed by atoms with Crippen LogP contribution in [0, 0.1) is 5.82 Å². The Morgan fingerprint density at radius 3 is 2.62 bits per heavy atom. The summed E-state index contributed by atoms with van der Waals surface area (Å²) in [4.78, 5) is 16.0. The number of nitrogens with zero attached hydrogens (tertiary/aromatic N) is 1. The molecule has 0 saturated heterocycles. The van der Waals surface area contributed by atoms with Gasteiger partial charge < -0.3 is 20.7 Å². The van der Waals surface area contributed by atoms with Gasteiger partial charge in [-0.25, -0.2) is 4.39 Å². The van der Waals surface area contributed by atoms with E-state index in [2.05, 4.69) is 20.9 Å². The van der Waals surface area contributed by atoms with Crippen LogP contribution in [0.3, 0.4) is 0 Å². The van der Waals surface area contributed by atoms with Crippen LogP contribution in [0.15, 0.2) is 29.3 Å². The molecule has 1 fully saturated rings. The van der Waals surface area contributed by atoms with Crippen LogP contribution in [-0.2, 0) is 9.53 Å². The van der Waals surface area contributed by atoms with Gasteiger partial charge in [-0.2, -0.15) is 0 Å². The van der Waals surface area contributed by atoms with Crippen LogP contribution in [0.25, 0.3) is 0 Å². The van der Waals surface area contributed by atoms with Crippen molar-refractivity contribution < 1.29 is 13.9 Å². The Labute approximate surface area is 154 Å². The summed E-state index contributed by atoms with van der Waals surface area (Å²) in [5, 5.41) is 8.81. The van der Waals surface area contributed by atoms with Crippen LogP contribution in [-0.4, -0.2) is 44.7 Å². The average Bonchev–Trinajstić information content (AvgIpc) is 2.66. The fraction of sp³-hybridized carbons (Fsp3) is 0.579. The number of anilines is 1. The molecule has 1 aliphatic carbocycles. The van der Waals surface area contributed by atoms with Gasteiger partial charge in [0.15, 0.2) is 5.96 Å². The molecule has 1 aromatic rings. The summed E-state index contributed by atoms with van der Waals surface area (Å²) >= 11 is 0. The number of carbonyl (C=O) groups is 1. The van der Waals surface area contributed by atoms with Gasteiger partial charge in [0.05, 0.1) is 12.6 Å². The molecule has 0 radical (unpaired) electrons. The maximum Gasteiger partial charge on any atom is 0.243 e. The van der Waals surface area contributed by atoms with Crippen molar-refractivity contribution >= 4 is 17.6 Å². The van der Waals surface area contributed by atoms with Gasteiger partial charge in [0, 0.05) is 25.9 Å². The lowest BCUT2D eigenvalue weighted by atomic mass is 9.98. The normalized spacial score (nSPS) is 15.5. The summed E-state index contributed by atoms with van der Waals surface area (Å²) in [5.41, 5.74) is 0.556. The third-order valence-corrected chi connectivity index (χ3v) is 4.29. The first-order chi connectivity index (χ1) is 12.7. The van der Waals surface area contributed by atoms with Crippen molar-refractivity contribution in [3.63, 3.8) is 0 Å². The number of ether oxygens (including phenoxy) is 1. The van der Waals surface area contributed by atoms with E-state index in [9.17, 15) is 9.18 Å². The molecule has 26 heavy (non-hydrogen) atoms. The Kier molecular flexibility index (Phi) is 8.89. The molecule has 3 N–H and O–H groups in total. The molecule has 0 spiro atoms. The number of aliphatic imine (C=N–C) groups is 1. The van der Waals surface area contributed by atoms with Gasteiger partial charge in [-0.15, -0.1) is 0 Å². The molecule has 0 atom stereocenters. The van der Waals surface area contributed by atoms with E-state index in [0.29, 0.717) is 17.8 Å². The number of guanidine groups is 1. The number of amides is 1. The molecule has 0 aromatic heterocycles. The summed E-state index contributed by atoms with van der Waals surface area (Å²) in [6, 6.07) is 5.65. The average molecular weight is 364 g/mol. The number of hydrogen-bond donors (Lipinski definition) is 3. The molecule has 1 aromatic carbocycles. The molecule has 0 heterocycles. The Morgan fingerprint density at radius 1 is 1.19 bits per heavy atom. The maximum absolute atomic E-state index is 12.8. The van der Waals surface area contributed by atoms with E-state index >= 15 is 0 Å². The highest BCUT2D eigenvalue weighted by Crippen LogP contribution is 2.20. The SMILES string of the molecule is CN=C(NCCCOC1CCCCC1)NCC(=O)Nc1ccc(F)cc1. The fourth-order valence-electron chi connectivity index (χ4n) is 2.88. The summed E-state index contributed by atoms with van der Waals surface area (Å²) in [6.45, 7) is 1.54. The quantitative estimate of drug-likeness (QED) is 0.377. The Hall–Kier alpha value is -2.15. The monoisotopic (exact) mass is 364 g/mol. The van der Waals surface area contributed by atoms with Gasteiger partial charge in [-0.1, -0.05) is 19.3 Å². The van der Waals surface area contributed by atoms with Crippen LogP contribution in [0.2, 0.25) is 0 Å². The van der Waals surface area contributed by atoms with E-state index in [-0.39, 0.29) is 18.3 Å². The highest BCUT2D eigenvalue weighted by Gasteiger charge is 2.13. The Balaban J connectivity index is 1.56. The van der Waals surface area contributed by atoms with Crippen LogP contribution in [0.5, 0.6) is 0 Å². The summed E-state index contributed by atoms with van der Waals surface area (Å²) in [5.74, 6) is 0.00954. The number of hydrogen-bond acceptors (Lipinski definition) is 3. The van der Waals surface area contributed by atoms with E-state index in [1.54, 1.807) is 7.05 Å². The minimum absolute atomic E-state index is 0.0790. The third-order valence-electron chi connectivity index (χ3n) is 4.29. The summed E-state index contributed by atoms with van der Waals surface area (Å²) in [6.07, 6.45) is 7.56. The zero-order valence-corrected chi connectivity index (χ0v) is 15.4. The molecular formula is C19H29FN4O2. The third kappa shape index (κ3) is 7.82. The van der Waals surface area contributed by atoms with Crippen LogP contribution in [0.4, 0.5) is 10.1 Å². The first kappa shape index (κ1) is 20.2. The molecule has 1 saturated carbocycles. The van der Waals surface area contributed by atoms with E-state index < -0.39 is 0 Å². The predicted molar refractivity (Wildman–Crippen MR) is 102 cm³/mol. The number of nitrogens with one attached hydrogen (secondary N) is 3. The van der Waals surface area contributed by atoms with E-state index in [1.807, 2.05) is 0 Å². The zero-order chi connectivity index (χ0) is 18.6. The lowest BCUT2D eigenvalue weighted by Crippen LogP contribution is -2.41. The van der Waals surface area contributed by atoms with Crippen molar-refractivity contribution in [2.45, 2.75) is 44.6 Å². The van der Waals surface area contributed by atoms with Crippen molar-refractivity contribution in [2.75, 3.05) is 32.1 Å². The summed E-state index contributed by atoms with van der Waals surface area (Å²) in [7, 11) is 1.66. The molecule has 2 rings (SSSR count). The highest BCUT2D eigenvalue weighted by molar-refractivity contribution is 5.94. The van der Waals surface area contributed by atoms with Gasteiger partial charge in [0.25, 0.3) is 0 Å². The minimum atomic E-state index is -0.335. The smallest absolute Gasteiger partial charge is 0.243 e. The number of carbonyl (C=O) groups excluding carboxylic acids is 1. The molecule has 0 unspecified atom stereocenters. The topological polar surface area (TPSA) is 74.8 Å². The highest BCUT2D eigenvalue weighted by atomic mass is 19.1.